The van der Waals surface area contributed by atoms with Crippen molar-refractivity contribution in [1.82, 2.24) is 20.2 Å². The summed E-state index contributed by atoms with van der Waals surface area (Å²) in [6.45, 7) is 7.14. The molecule has 2 aromatic carbocycles. The fraction of sp³-hybridized carbons (Fsp3) is 0.409. The van der Waals surface area contributed by atoms with Crippen molar-refractivity contribution in [3.63, 3.8) is 0 Å². The van der Waals surface area contributed by atoms with Gasteiger partial charge in [-0.1, -0.05) is 37.3 Å². The first-order valence-electron chi connectivity index (χ1n) is 10.3. The smallest absolute Gasteiger partial charge is 0.209 e. The molecule has 1 N–H and O–H groups in total. The molecule has 0 aliphatic carbocycles. The lowest BCUT2D eigenvalue weighted by Gasteiger charge is -2.36. The largest absolute Gasteiger partial charge is 0.497 e. The molecule has 0 saturated carbocycles. The zero-order valence-electron chi connectivity index (χ0n) is 17.2. The molecule has 0 unspecified atom stereocenters. The van der Waals surface area contributed by atoms with E-state index in [4.69, 9.17) is 4.74 Å². The lowest BCUT2D eigenvalue weighted by atomic mass is 10.1. The van der Waals surface area contributed by atoms with Gasteiger partial charge in [-0.05, 0) is 40.3 Å². The molecule has 152 valence electrons. The number of rotatable bonds is 7. The van der Waals surface area contributed by atoms with E-state index < -0.39 is 0 Å². The van der Waals surface area contributed by atoms with Gasteiger partial charge in [-0.25, -0.2) is 4.68 Å². The second kappa shape index (κ2) is 9.05. The number of ether oxygens (including phenoxy) is 1. The van der Waals surface area contributed by atoms with Crippen LogP contribution in [0.5, 0.6) is 5.75 Å². The van der Waals surface area contributed by atoms with Gasteiger partial charge in [0.2, 0.25) is 5.82 Å². The summed E-state index contributed by atoms with van der Waals surface area (Å²) in [5, 5.41) is 12.7. The van der Waals surface area contributed by atoms with E-state index in [0.29, 0.717) is 12.6 Å². The lowest BCUT2D eigenvalue weighted by Crippen LogP contribution is -3.15. The molecular formula is C22H29N6O+. The Morgan fingerprint density at radius 1 is 1.03 bits per heavy atom. The summed E-state index contributed by atoms with van der Waals surface area (Å²) in [4.78, 5) is 4.00. The number of tetrazole rings is 1. The van der Waals surface area contributed by atoms with Gasteiger partial charge in [-0.15, -0.1) is 5.10 Å². The van der Waals surface area contributed by atoms with Crippen molar-refractivity contribution in [2.75, 3.05) is 38.2 Å². The van der Waals surface area contributed by atoms with E-state index in [9.17, 15) is 0 Å². The molecule has 0 radical (unpaired) electrons. The average molecular weight is 394 g/mol. The first-order chi connectivity index (χ1) is 14.3. The third-order valence-electron chi connectivity index (χ3n) is 5.79. The van der Waals surface area contributed by atoms with Gasteiger partial charge in [0.1, 0.15) is 11.8 Å². The van der Waals surface area contributed by atoms with Gasteiger partial charge in [0.05, 0.1) is 39.8 Å². The number of aromatic nitrogens is 4. The highest BCUT2D eigenvalue weighted by molar-refractivity contribution is 5.49. The standard InChI is InChI=1S/C22H28N6O/c1-3-21(22-23-24-25-28(22)17-18-7-5-4-6-8-18)27-15-13-26(14-16-27)19-9-11-20(29-2)12-10-19/h4-12,21H,3,13-17H2,1-2H3/p+1/t21-/m0/s1. The zero-order valence-corrected chi connectivity index (χ0v) is 17.2. The third kappa shape index (κ3) is 4.40. The number of quaternary nitrogens is 1. The summed E-state index contributed by atoms with van der Waals surface area (Å²) in [5.74, 6) is 1.89. The number of nitrogens with one attached hydrogen (secondary N) is 1. The van der Waals surface area contributed by atoms with Crippen LogP contribution < -0.4 is 14.5 Å². The fourth-order valence-corrected chi connectivity index (χ4v) is 4.18. The topological polar surface area (TPSA) is 60.5 Å². The first kappa shape index (κ1) is 19.4. The van der Waals surface area contributed by atoms with E-state index in [0.717, 1.165) is 44.2 Å². The fourth-order valence-electron chi connectivity index (χ4n) is 4.18. The molecule has 0 spiro atoms. The Kier molecular flexibility index (Phi) is 6.05. The Morgan fingerprint density at radius 3 is 2.41 bits per heavy atom. The van der Waals surface area contributed by atoms with Crippen LogP contribution in [0.1, 0.15) is 30.8 Å². The minimum Gasteiger partial charge on any atom is -0.497 e. The Bertz CT molecular complexity index is 887. The second-order valence-electron chi connectivity index (χ2n) is 7.48. The normalized spacial score (nSPS) is 16.0. The SMILES string of the molecule is CC[C@@H](c1nnnn1Cc1ccccc1)[NH+]1CCN(c2ccc(OC)cc2)CC1. The van der Waals surface area contributed by atoms with Crippen LogP contribution in [-0.4, -0.2) is 53.5 Å². The number of hydrogen-bond donors (Lipinski definition) is 1. The number of nitrogens with zero attached hydrogens (tertiary/aromatic N) is 5. The molecule has 1 aromatic heterocycles. The number of benzene rings is 2. The Labute approximate surface area is 171 Å². The van der Waals surface area contributed by atoms with Crippen LogP contribution in [0.15, 0.2) is 54.6 Å². The molecule has 4 rings (SSSR count). The molecule has 1 aliphatic rings. The summed E-state index contributed by atoms with van der Waals surface area (Å²) in [6.07, 6.45) is 1.02. The van der Waals surface area contributed by atoms with Crippen LogP contribution in [0.25, 0.3) is 0 Å². The molecule has 1 saturated heterocycles. The maximum atomic E-state index is 5.27. The number of hydrogen-bond acceptors (Lipinski definition) is 5. The molecule has 1 aliphatic heterocycles. The minimum atomic E-state index is 0.312. The highest BCUT2D eigenvalue weighted by Gasteiger charge is 2.31. The van der Waals surface area contributed by atoms with Crippen molar-refractivity contribution >= 4 is 5.69 Å². The summed E-state index contributed by atoms with van der Waals surface area (Å²) >= 11 is 0. The highest BCUT2D eigenvalue weighted by Crippen LogP contribution is 2.19. The maximum absolute atomic E-state index is 5.27. The van der Waals surface area contributed by atoms with Crippen LogP contribution >= 0.6 is 0 Å². The van der Waals surface area contributed by atoms with E-state index in [1.54, 1.807) is 12.0 Å². The van der Waals surface area contributed by atoms with Crippen molar-refractivity contribution in [3.8, 4) is 5.75 Å². The predicted molar refractivity (Wildman–Crippen MR) is 112 cm³/mol. The number of methoxy groups -OCH3 is 1. The van der Waals surface area contributed by atoms with Gasteiger partial charge < -0.3 is 14.5 Å². The molecular weight excluding hydrogens is 364 g/mol. The molecule has 2 heterocycles. The summed E-state index contributed by atoms with van der Waals surface area (Å²) in [7, 11) is 1.70. The van der Waals surface area contributed by atoms with Crippen LogP contribution in [0.3, 0.4) is 0 Å². The van der Waals surface area contributed by atoms with Crippen molar-refractivity contribution in [3.05, 3.63) is 66.0 Å². The first-order valence-corrected chi connectivity index (χ1v) is 10.3. The highest BCUT2D eigenvalue weighted by atomic mass is 16.5. The van der Waals surface area contributed by atoms with Crippen LogP contribution in [-0.2, 0) is 6.54 Å². The van der Waals surface area contributed by atoms with Crippen LogP contribution in [0.4, 0.5) is 5.69 Å². The minimum absolute atomic E-state index is 0.312. The van der Waals surface area contributed by atoms with Crippen molar-refractivity contribution in [1.29, 1.82) is 0 Å². The second-order valence-corrected chi connectivity index (χ2v) is 7.48. The monoisotopic (exact) mass is 393 g/mol. The molecule has 7 heteroatoms. The quantitative estimate of drug-likeness (QED) is 0.661. The summed E-state index contributed by atoms with van der Waals surface area (Å²) in [5.41, 5.74) is 2.47. The molecule has 3 aromatic rings. The summed E-state index contributed by atoms with van der Waals surface area (Å²) in [6, 6.07) is 19.0. The van der Waals surface area contributed by atoms with Gasteiger partial charge in [-0.3, -0.25) is 0 Å². The lowest BCUT2D eigenvalue weighted by molar-refractivity contribution is -0.933. The van der Waals surface area contributed by atoms with Gasteiger partial charge in [0, 0.05) is 12.1 Å². The van der Waals surface area contributed by atoms with E-state index in [2.05, 4.69) is 63.7 Å². The van der Waals surface area contributed by atoms with Crippen LogP contribution in [0.2, 0.25) is 0 Å². The molecule has 0 bridgehead atoms. The maximum Gasteiger partial charge on any atom is 0.209 e. The Morgan fingerprint density at radius 2 is 1.76 bits per heavy atom. The van der Waals surface area contributed by atoms with E-state index in [1.807, 2.05) is 22.9 Å². The molecule has 29 heavy (non-hydrogen) atoms. The average Bonchev–Trinajstić information content (AvgIpc) is 3.23. The van der Waals surface area contributed by atoms with Gasteiger partial charge >= 0.3 is 0 Å². The molecule has 7 nitrogen and oxygen atoms in total. The van der Waals surface area contributed by atoms with Crippen molar-refractivity contribution < 1.29 is 9.64 Å². The number of anilines is 1. The van der Waals surface area contributed by atoms with Crippen LogP contribution in [0, 0.1) is 0 Å². The molecule has 1 fully saturated rings. The van der Waals surface area contributed by atoms with Crippen molar-refractivity contribution in [2.24, 2.45) is 0 Å². The van der Waals surface area contributed by atoms with Gasteiger partial charge in [0.25, 0.3) is 0 Å². The molecule has 0 amide bonds. The van der Waals surface area contributed by atoms with Gasteiger partial charge in [0.15, 0.2) is 0 Å². The predicted octanol–water partition coefficient (Wildman–Crippen LogP) is 1.59. The number of piperazine rings is 1. The van der Waals surface area contributed by atoms with E-state index >= 15 is 0 Å². The van der Waals surface area contributed by atoms with Crippen molar-refractivity contribution in [2.45, 2.75) is 25.9 Å². The summed E-state index contributed by atoms with van der Waals surface area (Å²) < 4.78 is 7.24. The molecule has 1 atom stereocenters. The van der Waals surface area contributed by atoms with E-state index in [1.165, 1.54) is 11.3 Å². The van der Waals surface area contributed by atoms with E-state index in [-0.39, 0.29) is 0 Å². The Balaban J connectivity index is 1.42. The zero-order chi connectivity index (χ0) is 20.1. The Hall–Kier alpha value is -2.93. The third-order valence-corrected chi connectivity index (χ3v) is 5.79. The van der Waals surface area contributed by atoms with Gasteiger partial charge in [-0.2, -0.15) is 0 Å².